The van der Waals surface area contributed by atoms with Gasteiger partial charge >= 0.3 is 0 Å². The van der Waals surface area contributed by atoms with E-state index in [0.29, 0.717) is 24.5 Å². The summed E-state index contributed by atoms with van der Waals surface area (Å²) in [7, 11) is 0. The first-order valence-corrected chi connectivity index (χ1v) is 9.59. The minimum Gasteiger partial charge on any atom is -0.487 e. The Kier molecular flexibility index (Phi) is 5.29. The molecule has 0 aliphatic heterocycles. The van der Waals surface area contributed by atoms with Crippen LogP contribution >= 0.6 is 0 Å². The molecule has 0 bridgehead atoms. The van der Waals surface area contributed by atoms with Gasteiger partial charge in [0.25, 0.3) is 5.91 Å². The monoisotopic (exact) mass is 385 g/mol. The molecule has 5 heteroatoms. The van der Waals surface area contributed by atoms with Crippen LogP contribution in [0.5, 0.6) is 5.75 Å². The first-order valence-electron chi connectivity index (χ1n) is 9.59. The van der Waals surface area contributed by atoms with E-state index in [4.69, 9.17) is 4.74 Å². The van der Waals surface area contributed by atoms with Crippen molar-refractivity contribution in [3.05, 3.63) is 101 Å². The molecule has 0 fully saturated rings. The van der Waals surface area contributed by atoms with E-state index in [1.807, 2.05) is 79.2 Å². The zero-order valence-electron chi connectivity index (χ0n) is 16.6. The van der Waals surface area contributed by atoms with Gasteiger partial charge < -0.3 is 14.5 Å². The zero-order valence-corrected chi connectivity index (χ0v) is 16.6. The Balaban J connectivity index is 1.35. The number of aryl methyl sites for hydroxylation is 2. The van der Waals surface area contributed by atoms with Crippen LogP contribution < -0.4 is 10.1 Å². The lowest BCUT2D eigenvalue weighted by Crippen LogP contribution is -2.23. The summed E-state index contributed by atoms with van der Waals surface area (Å²) in [5.74, 6) is 0.602. The highest BCUT2D eigenvalue weighted by Gasteiger charge is 2.08. The van der Waals surface area contributed by atoms with Crippen LogP contribution in [0.4, 0.5) is 0 Å². The Morgan fingerprint density at radius 2 is 1.76 bits per heavy atom. The Hall–Kier alpha value is -3.60. The molecule has 0 spiro atoms. The summed E-state index contributed by atoms with van der Waals surface area (Å²) < 4.78 is 7.83. The van der Waals surface area contributed by atoms with Gasteiger partial charge in [-0.15, -0.1) is 0 Å². The van der Waals surface area contributed by atoms with Crippen molar-refractivity contribution in [1.82, 2.24) is 14.7 Å². The first kappa shape index (κ1) is 18.7. The molecule has 0 radical (unpaired) electrons. The van der Waals surface area contributed by atoms with Gasteiger partial charge in [-0.1, -0.05) is 30.3 Å². The molecule has 0 aliphatic rings. The van der Waals surface area contributed by atoms with Gasteiger partial charge in [-0.05, 0) is 60.9 Å². The largest absolute Gasteiger partial charge is 0.487 e. The number of nitrogens with one attached hydrogen (secondary N) is 1. The summed E-state index contributed by atoms with van der Waals surface area (Å²) >= 11 is 0. The van der Waals surface area contributed by atoms with E-state index in [0.717, 1.165) is 22.5 Å². The molecule has 0 saturated carbocycles. The number of carbonyl (C=O) groups is 1. The number of ether oxygens (including phenoxy) is 1. The van der Waals surface area contributed by atoms with E-state index in [1.54, 1.807) is 12.1 Å². The van der Waals surface area contributed by atoms with E-state index >= 15 is 0 Å². The third-order valence-electron chi connectivity index (χ3n) is 4.93. The normalized spacial score (nSPS) is 10.8. The van der Waals surface area contributed by atoms with Gasteiger partial charge in [-0.2, -0.15) is 0 Å². The van der Waals surface area contributed by atoms with Crippen LogP contribution in [0.25, 0.3) is 5.65 Å². The fraction of sp³-hybridized carbons (Fsp3) is 0.167. The van der Waals surface area contributed by atoms with Crippen LogP contribution in [-0.2, 0) is 13.2 Å². The van der Waals surface area contributed by atoms with E-state index in [2.05, 4.69) is 10.3 Å². The molecular weight excluding hydrogens is 362 g/mol. The highest BCUT2D eigenvalue weighted by molar-refractivity contribution is 5.94. The number of pyridine rings is 1. The average molecular weight is 385 g/mol. The average Bonchev–Trinajstić information content (AvgIpc) is 3.16. The topological polar surface area (TPSA) is 55.6 Å². The molecule has 1 amide bonds. The molecule has 0 unspecified atom stereocenters. The third-order valence-corrected chi connectivity index (χ3v) is 4.93. The number of rotatable bonds is 6. The van der Waals surface area contributed by atoms with Crippen LogP contribution in [0.1, 0.15) is 32.7 Å². The van der Waals surface area contributed by atoms with E-state index in [9.17, 15) is 4.79 Å². The lowest BCUT2D eigenvalue weighted by Gasteiger charge is -2.09. The molecule has 146 valence electrons. The fourth-order valence-corrected chi connectivity index (χ4v) is 3.22. The third kappa shape index (κ3) is 4.29. The molecule has 2 heterocycles. The number of aromatic nitrogens is 2. The molecule has 0 aliphatic carbocycles. The maximum Gasteiger partial charge on any atom is 0.251 e. The van der Waals surface area contributed by atoms with Crippen LogP contribution in [-0.4, -0.2) is 15.3 Å². The summed E-state index contributed by atoms with van der Waals surface area (Å²) in [6.07, 6.45) is 3.94. The molecule has 2 aromatic carbocycles. The quantitative estimate of drug-likeness (QED) is 0.533. The molecule has 4 aromatic rings. The standard InChI is InChI=1S/C24H23N3O2/c1-17-6-3-4-8-20(17)14-25-24(28)19-9-11-22(12-10-19)29-16-21-15-27-13-5-7-18(2)23(27)26-21/h3-13,15H,14,16H2,1-2H3,(H,25,28). The van der Waals surface area contributed by atoms with Gasteiger partial charge in [0.15, 0.2) is 0 Å². The Morgan fingerprint density at radius 3 is 2.52 bits per heavy atom. The number of fused-ring (bicyclic) bond motifs is 1. The van der Waals surface area contributed by atoms with Crippen LogP contribution in [0.15, 0.2) is 73.1 Å². The second-order valence-electron chi connectivity index (χ2n) is 7.08. The van der Waals surface area contributed by atoms with Gasteiger partial charge in [0.05, 0.1) is 5.69 Å². The zero-order chi connectivity index (χ0) is 20.2. The SMILES string of the molecule is Cc1ccccc1CNC(=O)c1ccc(OCc2cn3cccc(C)c3n2)cc1. The molecule has 2 aromatic heterocycles. The number of imidazole rings is 1. The lowest BCUT2D eigenvalue weighted by atomic mass is 10.1. The Labute approximate surface area is 170 Å². The number of amides is 1. The number of hydrogen-bond acceptors (Lipinski definition) is 3. The smallest absolute Gasteiger partial charge is 0.251 e. The van der Waals surface area contributed by atoms with Crippen LogP contribution in [0.2, 0.25) is 0 Å². The summed E-state index contributed by atoms with van der Waals surface area (Å²) in [6, 6.07) is 19.2. The molecule has 0 saturated heterocycles. The molecule has 1 N–H and O–H groups in total. The van der Waals surface area contributed by atoms with Crippen molar-refractivity contribution in [3.8, 4) is 5.75 Å². The Morgan fingerprint density at radius 1 is 1.00 bits per heavy atom. The summed E-state index contributed by atoms with van der Waals surface area (Å²) in [5, 5.41) is 2.96. The van der Waals surface area contributed by atoms with Gasteiger partial charge in [-0.3, -0.25) is 4.79 Å². The van der Waals surface area contributed by atoms with E-state index in [1.165, 1.54) is 5.56 Å². The summed E-state index contributed by atoms with van der Waals surface area (Å²) in [6.45, 7) is 4.96. The number of hydrogen-bond donors (Lipinski definition) is 1. The highest BCUT2D eigenvalue weighted by Crippen LogP contribution is 2.16. The summed E-state index contributed by atoms with van der Waals surface area (Å²) in [5.41, 5.74) is 5.81. The lowest BCUT2D eigenvalue weighted by molar-refractivity contribution is 0.0951. The van der Waals surface area contributed by atoms with E-state index in [-0.39, 0.29) is 5.91 Å². The van der Waals surface area contributed by atoms with Gasteiger partial charge in [-0.25, -0.2) is 4.98 Å². The van der Waals surface area contributed by atoms with Crippen molar-refractivity contribution in [3.63, 3.8) is 0 Å². The molecule has 4 rings (SSSR count). The van der Waals surface area contributed by atoms with Crippen LogP contribution in [0.3, 0.4) is 0 Å². The highest BCUT2D eigenvalue weighted by atomic mass is 16.5. The van der Waals surface area contributed by atoms with Gasteiger partial charge in [0.2, 0.25) is 0 Å². The van der Waals surface area contributed by atoms with Crippen LogP contribution in [0, 0.1) is 13.8 Å². The number of nitrogens with zero attached hydrogens (tertiary/aromatic N) is 2. The number of carbonyl (C=O) groups excluding carboxylic acids is 1. The number of benzene rings is 2. The molecule has 5 nitrogen and oxygen atoms in total. The second-order valence-corrected chi connectivity index (χ2v) is 7.08. The predicted octanol–water partition coefficient (Wildman–Crippen LogP) is 4.46. The minimum absolute atomic E-state index is 0.101. The van der Waals surface area contributed by atoms with Crippen molar-refractivity contribution in [1.29, 1.82) is 0 Å². The maximum atomic E-state index is 12.4. The van der Waals surface area contributed by atoms with Crippen molar-refractivity contribution in [2.45, 2.75) is 27.0 Å². The van der Waals surface area contributed by atoms with Gasteiger partial charge in [0.1, 0.15) is 18.0 Å². The summed E-state index contributed by atoms with van der Waals surface area (Å²) in [4.78, 5) is 17.0. The van der Waals surface area contributed by atoms with Crippen molar-refractivity contribution in [2.75, 3.05) is 0 Å². The van der Waals surface area contributed by atoms with Crippen molar-refractivity contribution >= 4 is 11.6 Å². The predicted molar refractivity (Wildman–Crippen MR) is 113 cm³/mol. The minimum atomic E-state index is -0.101. The molecule has 29 heavy (non-hydrogen) atoms. The fourth-order valence-electron chi connectivity index (χ4n) is 3.22. The Bertz CT molecular complexity index is 1150. The van der Waals surface area contributed by atoms with E-state index < -0.39 is 0 Å². The van der Waals surface area contributed by atoms with Crippen molar-refractivity contribution in [2.24, 2.45) is 0 Å². The van der Waals surface area contributed by atoms with Gasteiger partial charge in [0, 0.05) is 24.5 Å². The van der Waals surface area contributed by atoms with Crippen molar-refractivity contribution < 1.29 is 9.53 Å². The first-order chi connectivity index (χ1) is 14.1. The second kappa shape index (κ2) is 8.19. The maximum absolute atomic E-state index is 12.4. The molecular formula is C24H23N3O2. The molecule has 0 atom stereocenters.